The number of ether oxygens (including phenoxy) is 3. The van der Waals surface area contributed by atoms with Crippen LogP contribution in [0.15, 0.2) is 60.7 Å². The van der Waals surface area contributed by atoms with Crippen LogP contribution in [0.4, 0.5) is 14.5 Å². The molecule has 0 aliphatic carbocycles. The van der Waals surface area contributed by atoms with Crippen molar-refractivity contribution in [2.45, 2.75) is 0 Å². The van der Waals surface area contributed by atoms with Crippen LogP contribution >= 0.6 is 0 Å². The highest BCUT2D eigenvalue weighted by atomic mass is 19.1. The topological polar surface area (TPSA) is 138 Å². The van der Waals surface area contributed by atoms with Crippen molar-refractivity contribution in [1.82, 2.24) is 10.2 Å². The Kier molecular flexibility index (Phi) is 16.0. The van der Waals surface area contributed by atoms with Crippen molar-refractivity contribution >= 4 is 23.5 Å². The fourth-order valence-electron chi connectivity index (χ4n) is 3.80. The van der Waals surface area contributed by atoms with Crippen LogP contribution in [0.25, 0.3) is 0 Å². The van der Waals surface area contributed by atoms with Gasteiger partial charge in [-0.25, -0.2) is 18.4 Å². The van der Waals surface area contributed by atoms with E-state index in [0.717, 1.165) is 44.2 Å². The highest BCUT2D eigenvalue weighted by Crippen LogP contribution is 2.28. The highest BCUT2D eigenvalue weighted by molar-refractivity contribution is 6.27. The van der Waals surface area contributed by atoms with Crippen LogP contribution in [-0.2, 0) is 14.3 Å². The van der Waals surface area contributed by atoms with Crippen molar-refractivity contribution in [3.05, 3.63) is 66.2 Å². The quantitative estimate of drug-likeness (QED) is 0.161. The molecular formula is C29H37F2N3O8. The molecular weight excluding hydrogens is 556 g/mol. The summed E-state index contributed by atoms with van der Waals surface area (Å²) in [5, 5.41) is 17.7. The SMILES string of the molecule is O=C(NC/C=C/CN1CCN(c2ccccc2OCCF)CC1)c1ccc(OCCOCCF)cc1.O=C(O)C(=O)O. The number of para-hydroxylation sites is 2. The monoisotopic (exact) mass is 593 g/mol. The Labute approximate surface area is 243 Å². The molecule has 42 heavy (non-hydrogen) atoms. The van der Waals surface area contributed by atoms with E-state index in [1.165, 1.54) is 0 Å². The molecule has 3 rings (SSSR count). The zero-order chi connectivity index (χ0) is 30.6. The van der Waals surface area contributed by atoms with E-state index in [4.69, 9.17) is 34.0 Å². The first-order chi connectivity index (χ1) is 20.3. The number of hydrogen-bond acceptors (Lipinski definition) is 8. The molecule has 1 aliphatic heterocycles. The molecule has 0 atom stereocenters. The van der Waals surface area contributed by atoms with E-state index in [0.29, 0.717) is 31.1 Å². The number of aliphatic carboxylic acids is 2. The second-order valence-electron chi connectivity index (χ2n) is 8.76. The maximum atomic E-state index is 12.5. The van der Waals surface area contributed by atoms with E-state index in [9.17, 15) is 13.6 Å². The van der Waals surface area contributed by atoms with Crippen molar-refractivity contribution in [1.29, 1.82) is 0 Å². The van der Waals surface area contributed by atoms with Crippen LogP contribution in [-0.4, -0.2) is 112 Å². The van der Waals surface area contributed by atoms with E-state index >= 15 is 0 Å². The molecule has 1 saturated heterocycles. The van der Waals surface area contributed by atoms with Gasteiger partial charge in [0.2, 0.25) is 0 Å². The van der Waals surface area contributed by atoms with Gasteiger partial charge in [0, 0.05) is 44.8 Å². The number of nitrogens with one attached hydrogen (secondary N) is 1. The lowest BCUT2D eigenvalue weighted by molar-refractivity contribution is -0.159. The van der Waals surface area contributed by atoms with Gasteiger partial charge in [-0.05, 0) is 36.4 Å². The van der Waals surface area contributed by atoms with Crippen molar-refractivity contribution < 1.29 is 47.6 Å². The maximum absolute atomic E-state index is 12.5. The molecule has 1 aliphatic rings. The third-order valence-electron chi connectivity index (χ3n) is 5.84. The zero-order valence-corrected chi connectivity index (χ0v) is 23.3. The standard InChI is InChI=1S/C27H35F2N3O4.C2H2O4/c28-11-19-34-21-22-35-24-9-7-23(8-10-24)27(33)30-13-3-4-14-31-15-17-32(18-16-31)25-5-1-2-6-26(25)36-20-12-29;3-1(4)2(5)6/h1-10H,11-22H2,(H,30,33);(H,3,4)(H,5,6)/b4-3+;. The Morgan fingerprint density at radius 1 is 0.810 bits per heavy atom. The zero-order valence-electron chi connectivity index (χ0n) is 23.3. The fraction of sp³-hybridized carbons (Fsp3) is 0.414. The third kappa shape index (κ3) is 13.0. The predicted octanol–water partition coefficient (Wildman–Crippen LogP) is 2.66. The number of piperazine rings is 1. The van der Waals surface area contributed by atoms with Crippen molar-refractivity contribution in [3.63, 3.8) is 0 Å². The molecule has 1 fully saturated rings. The van der Waals surface area contributed by atoms with Crippen LogP contribution in [0.3, 0.4) is 0 Å². The number of carbonyl (C=O) groups is 3. The van der Waals surface area contributed by atoms with Gasteiger partial charge < -0.3 is 34.6 Å². The number of rotatable bonds is 15. The van der Waals surface area contributed by atoms with E-state index in [-0.39, 0.29) is 19.1 Å². The highest BCUT2D eigenvalue weighted by Gasteiger charge is 2.19. The molecule has 1 heterocycles. The second-order valence-corrected chi connectivity index (χ2v) is 8.76. The summed E-state index contributed by atoms with van der Waals surface area (Å²) in [4.78, 5) is 35.1. The first kappa shape index (κ1) is 34.0. The summed E-state index contributed by atoms with van der Waals surface area (Å²) >= 11 is 0. The first-order valence-electron chi connectivity index (χ1n) is 13.4. The van der Waals surface area contributed by atoms with Gasteiger partial charge in [0.05, 0.1) is 18.9 Å². The van der Waals surface area contributed by atoms with Crippen LogP contribution in [0, 0.1) is 0 Å². The van der Waals surface area contributed by atoms with Crippen LogP contribution < -0.4 is 19.7 Å². The number of carboxylic acids is 2. The molecule has 2 aromatic carbocycles. The van der Waals surface area contributed by atoms with E-state index in [2.05, 4.69) is 21.2 Å². The minimum Gasteiger partial charge on any atom is -0.491 e. The second kappa shape index (κ2) is 19.8. The van der Waals surface area contributed by atoms with Gasteiger partial charge in [0.1, 0.15) is 38.1 Å². The molecule has 2 aromatic rings. The average molecular weight is 594 g/mol. The van der Waals surface area contributed by atoms with Gasteiger partial charge in [0.25, 0.3) is 5.91 Å². The molecule has 230 valence electrons. The average Bonchev–Trinajstić information content (AvgIpc) is 3.00. The van der Waals surface area contributed by atoms with Gasteiger partial charge in [-0.1, -0.05) is 24.3 Å². The number of nitrogens with zero attached hydrogens (tertiary/aromatic N) is 2. The summed E-state index contributed by atoms with van der Waals surface area (Å²) in [6.07, 6.45) is 4.02. The van der Waals surface area contributed by atoms with Gasteiger partial charge >= 0.3 is 11.9 Å². The summed E-state index contributed by atoms with van der Waals surface area (Å²) in [5.74, 6) is -2.45. The van der Waals surface area contributed by atoms with Gasteiger partial charge in [-0.15, -0.1) is 0 Å². The lowest BCUT2D eigenvalue weighted by atomic mass is 10.2. The van der Waals surface area contributed by atoms with Gasteiger partial charge in [-0.2, -0.15) is 0 Å². The molecule has 0 aromatic heterocycles. The Balaban J connectivity index is 0.000000928. The number of alkyl halides is 2. The van der Waals surface area contributed by atoms with Gasteiger partial charge in [-0.3, -0.25) is 9.69 Å². The smallest absolute Gasteiger partial charge is 0.414 e. The number of benzene rings is 2. The summed E-state index contributed by atoms with van der Waals surface area (Å²) in [6.45, 7) is 4.58. The van der Waals surface area contributed by atoms with E-state index in [1.54, 1.807) is 24.3 Å². The summed E-state index contributed by atoms with van der Waals surface area (Å²) in [5.41, 5.74) is 1.56. The molecule has 3 N–H and O–H groups in total. The van der Waals surface area contributed by atoms with Crippen LogP contribution in [0.1, 0.15) is 10.4 Å². The Hall–Kier alpha value is -4.23. The maximum Gasteiger partial charge on any atom is 0.414 e. The minimum absolute atomic E-state index is 0.0669. The molecule has 0 unspecified atom stereocenters. The molecule has 0 radical (unpaired) electrons. The molecule has 1 amide bonds. The predicted molar refractivity (Wildman–Crippen MR) is 152 cm³/mol. The number of halogens is 2. The lowest BCUT2D eigenvalue weighted by Gasteiger charge is -2.36. The normalized spacial score (nSPS) is 13.2. The van der Waals surface area contributed by atoms with E-state index < -0.39 is 25.3 Å². The van der Waals surface area contributed by atoms with Crippen LogP contribution in [0.5, 0.6) is 11.5 Å². The summed E-state index contributed by atoms with van der Waals surface area (Å²) in [7, 11) is 0. The Morgan fingerprint density at radius 2 is 1.48 bits per heavy atom. The number of hydrogen-bond donors (Lipinski definition) is 3. The molecule has 13 heteroatoms. The van der Waals surface area contributed by atoms with Gasteiger partial charge in [0.15, 0.2) is 0 Å². The number of anilines is 1. The third-order valence-corrected chi connectivity index (χ3v) is 5.84. The first-order valence-corrected chi connectivity index (χ1v) is 13.4. The van der Waals surface area contributed by atoms with Crippen molar-refractivity contribution in [2.75, 3.05) is 83.9 Å². The number of amides is 1. The van der Waals surface area contributed by atoms with Crippen molar-refractivity contribution in [2.24, 2.45) is 0 Å². The lowest BCUT2D eigenvalue weighted by Crippen LogP contribution is -2.46. The fourth-order valence-corrected chi connectivity index (χ4v) is 3.80. The number of carboxylic acid groups (broad SMARTS) is 2. The molecule has 11 nitrogen and oxygen atoms in total. The van der Waals surface area contributed by atoms with E-state index in [1.807, 2.05) is 30.3 Å². The number of carbonyl (C=O) groups excluding carboxylic acids is 1. The minimum atomic E-state index is -1.82. The molecule has 0 spiro atoms. The molecule has 0 saturated carbocycles. The Morgan fingerprint density at radius 3 is 2.12 bits per heavy atom. The Bertz CT molecular complexity index is 1110. The van der Waals surface area contributed by atoms with Crippen molar-refractivity contribution in [3.8, 4) is 11.5 Å². The molecule has 0 bridgehead atoms. The summed E-state index contributed by atoms with van der Waals surface area (Å²) in [6, 6.07) is 14.6. The summed E-state index contributed by atoms with van der Waals surface area (Å²) < 4.78 is 40.5. The van der Waals surface area contributed by atoms with Crippen LogP contribution in [0.2, 0.25) is 0 Å². The largest absolute Gasteiger partial charge is 0.491 e.